The Labute approximate surface area is 52.7 Å². The topological polar surface area (TPSA) is 50.1 Å². The van der Waals surface area contributed by atoms with Crippen LogP contribution in [0.1, 0.15) is 0 Å². The van der Waals surface area contributed by atoms with Gasteiger partial charge in [-0.25, -0.2) is 0 Å². The smallest absolute Gasteiger partial charge is 0.0167 e. The van der Waals surface area contributed by atoms with Crippen LogP contribution in [0, 0.1) is 0 Å². The molecule has 0 rings (SSSR count). The van der Waals surface area contributed by atoms with Crippen LogP contribution in [-0.4, -0.2) is 35.2 Å². The molecule has 0 amide bonds. The van der Waals surface area contributed by atoms with E-state index >= 15 is 0 Å². The SMILES string of the molecule is CN.CNC.CNC. The largest absolute Gasteiger partial charge is 0.333 e. The summed E-state index contributed by atoms with van der Waals surface area (Å²) in [6.07, 6.45) is 0. The minimum absolute atomic E-state index is 1.50. The molecule has 3 heteroatoms. The van der Waals surface area contributed by atoms with Crippen molar-refractivity contribution in [3.05, 3.63) is 0 Å². The molecule has 0 radical (unpaired) electrons. The molecular weight excluding hydrogens is 102 g/mol. The van der Waals surface area contributed by atoms with Gasteiger partial charge in [0.05, 0.1) is 0 Å². The maximum atomic E-state index is 4.50. The average molecular weight is 121 g/mol. The molecule has 0 fully saturated rings. The quantitative estimate of drug-likeness (QED) is 0.395. The molecule has 0 unspecified atom stereocenters. The maximum absolute atomic E-state index is 4.50. The van der Waals surface area contributed by atoms with E-state index in [-0.39, 0.29) is 0 Å². The van der Waals surface area contributed by atoms with Crippen LogP contribution in [0.2, 0.25) is 0 Å². The van der Waals surface area contributed by atoms with E-state index in [0.29, 0.717) is 0 Å². The molecule has 0 heterocycles. The standard InChI is InChI=1S/2C2H7N.CH5N/c2*1-3-2;1-2/h2*3H,1-2H3;2H2,1H3. The van der Waals surface area contributed by atoms with Crippen LogP contribution < -0.4 is 16.4 Å². The van der Waals surface area contributed by atoms with Crippen molar-refractivity contribution in [1.82, 2.24) is 10.6 Å². The Bertz CT molecular complexity index is 9.64. The molecule has 0 aliphatic heterocycles. The van der Waals surface area contributed by atoms with Gasteiger partial charge >= 0.3 is 0 Å². The first kappa shape index (κ1) is 15.7. The van der Waals surface area contributed by atoms with Crippen molar-refractivity contribution in [2.45, 2.75) is 0 Å². The molecule has 54 valence electrons. The third-order valence-corrected chi connectivity index (χ3v) is 0. The molecule has 0 spiro atoms. The molecule has 0 aromatic carbocycles. The van der Waals surface area contributed by atoms with Crippen LogP contribution in [0.15, 0.2) is 0 Å². The van der Waals surface area contributed by atoms with E-state index in [9.17, 15) is 0 Å². The van der Waals surface area contributed by atoms with Crippen molar-refractivity contribution in [2.24, 2.45) is 5.73 Å². The van der Waals surface area contributed by atoms with E-state index in [1.165, 1.54) is 7.05 Å². The molecule has 3 nitrogen and oxygen atoms in total. The van der Waals surface area contributed by atoms with Crippen LogP contribution in [0.3, 0.4) is 0 Å². The fourth-order valence-electron chi connectivity index (χ4n) is 0. The fraction of sp³-hybridized carbons (Fsp3) is 1.00. The van der Waals surface area contributed by atoms with E-state index in [1.54, 1.807) is 0 Å². The van der Waals surface area contributed by atoms with Crippen LogP contribution in [0.4, 0.5) is 0 Å². The normalized spacial score (nSPS) is 5.25. The maximum Gasteiger partial charge on any atom is -0.0167 e. The third-order valence-electron chi connectivity index (χ3n) is 0. The summed E-state index contributed by atoms with van der Waals surface area (Å²) in [6, 6.07) is 0. The van der Waals surface area contributed by atoms with Gasteiger partial charge in [-0.1, -0.05) is 0 Å². The highest BCUT2D eigenvalue weighted by Gasteiger charge is 1.26. The molecule has 0 bridgehead atoms. The van der Waals surface area contributed by atoms with Gasteiger partial charge in [-0.2, -0.15) is 0 Å². The summed E-state index contributed by atoms with van der Waals surface area (Å²) in [7, 11) is 9.00. The molecule has 0 saturated carbocycles. The summed E-state index contributed by atoms with van der Waals surface area (Å²) in [5.41, 5.74) is 4.50. The lowest BCUT2D eigenvalue weighted by Crippen LogP contribution is -1.89. The fourth-order valence-corrected chi connectivity index (χ4v) is 0. The van der Waals surface area contributed by atoms with Crippen LogP contribution in [0.5, 0.6) is 0 Å². The molecule has 0 atom stereocenters. The third kappa shape index (κ3) is 9720. The van der Waals surface area contributed by atoms with Crippen LogP contribution in [-0.2, 0) is 0 Å². The highest BCUT2D eigenvalue weighted by atomic mass is 14.7. The highest BCUT2D eigenvalue weighted by molar-refractivity contribution is 3.91. The van der Waals surface area contributed by atoms with E-state index in [0.717, 1.165) is 0 Å². The van der Waals surface area contributed by atoms with Crippen molar-refractivity contribution in [1.29, 1.82) is 0 Å². The number of hydrogen-bond donors (Lipinski definition) is 3. The van der Waals surface area contributed by atoms with Gasteiger partial charge in [0.2, 0.25) is 0 Å². The Kier molecular flexibility index (Phi) is 132. The molecule has 4 N–H and O–H groups in total. The van der Waals surface area contributed by atoms with Gasteiger partial charge in [-0.05, 0) is 35.2 Å². The van der Waals surface area contributed by atoms with Gasteiger partial charge in [0, 0.05) is 0 Å². The van der Waals surface area contributed by atoms with Gasteiger partial charge in [0.15, 0.2) is 0 Å². The zero-order valence-corrected chi connectivity index (χ0v) is 6.58. The summed E-state index contributed by atoms with van der Waals surface area (Å²) < 4.78 is 0. The van der Waals surface area contributed by atoms with Crippen molar-refractivity contribution in [3.63, 3.8) is 0 Å². The summed E-state index contributed by atoms with van der Waals surface area (Å²) >= 11 is 0. The lowest BCUT2D eigenvalue weighted by atomic mass is 11.3. The first-order valence-electron chi connectivity index (χ1n) is 2.58. The monoisotopic (exact) mass is 121 g/mol. The molecule has 0 saturated heterocycles. The van der Waals surface area contributed by atoms with Crippen molar-refractivity contribution in [3.8, 4) is 0 Å². The molecule has 0 aromatic heterocycles. The first-order chi connectivity index (χ1) is 3.83. The first-order valence-corrected chi connectivity index (χ1v) is 2.58. The summed E-state index contributed by atoms with van der Waals surface area (Å²) in [6.45, 7) is 0. The predicted octanol–water partition coefficient (Wildman–Crippen LogP) is -0.754. The van der Waals surface area contributed by atoms with Crippen LogP contribution >= 0.6 is 0 Å². The predicted molar refractivity (Wildman–Crippen MR) is 40.1 cm³/mol. The minimum atomic E-state index is 1.50. The summed E-state index contributed by atoms with van der Waals surface area (Å²) in [5.74, 6) is 0. The number of nitrogens with two attached hydrogens (primary N) is 1. The Hall–Kier alpha value is -0.120. The number of hydrogen-bond acceptors (Lipinski definition) is 3. The summed E-state index contributed by atoms with van der Waals surface area (Å²) in [5, 5.41) is 5.50. The Morgan fingerprint density at radius 3 is 0.750 bits per heavy atom. The van der Waals surface area contributed by atoms with Gasteiger partial charge in [-0.15, -0.1) is 0 Å². The van der Waals surface area contributed by atoms with Gasteiger partial charge in [0.25, 0.3) is 0 Å². The molecule has 0 aliphatic rings. The molecule has 8 heavy (non-hydrogen) atoms. The zero-order chi connectivity index (χ0) is 7.41. The van der Waals surface area contributed by atoms with Crippen molar-refractivity contribution >= 4 is 0 Å². The Balaban J connectivity index is -0.0000000483. The van der Waals surface area contributed by atoms with E-state index in [4.69, 9.17) is 0 Å². The summed E-state index contributed by atoms with van der Waals surface area (Å²) in [4.78, 5) is 0. The van der Waals surface area contributed by atoms with Crippen molar-refractivity contribution in [2.75, 3.05) is 35.2 Å². The second-order valence-corrected chi connectivity index (χ2v) is 1.00. The second kappa shape index (κ2) is 67.3. The van der Waals surface area contributed by atoms with Crippen LogP contribution in [0.25, 0.3) is 0 Å². The second-order valence-electron chi connectivity index (χ2n) is 1.00. The molecule has 0 aromatic rings. The van der Waals surface area contributed by atoms with Gasteiger partial charge < -0.3 is 16.4 Å². The zero-order valence-electron chi connectivity index (χ0n) is 6.58. The van der Waals surface area contributed by atoms with E-state index < -0.39 is 0 Å². The van der Waals surface area contributed by atoms with Crippen molar-refractivity contribution < 1.29 is 0 Å². The highest BCUT2D eigenvalue weighted by Crippen LogP contribution is 0.984. The average Bonchev–Trinajstić information content (AvgIpc) is 1.75. The molecular formula is C5H19N3. The Morgan fingerprint density at radius 2 is 0.750 bits per heavy atom. The lowest BCUT2D eigenvalue weighted by molar-refractivity contribution is 1.02. The van der Waals surface area contributed by atoms with E-state index in [1.807, 2.05) is 28.2 Å². The van der Waals surface area contributed by atoms with Gasteiger partial charge in [-0.3, -0.25) is 0 Å². The minimum Gasteiger partial charge on any atom is -0.333 e. The number of nitrogens with one attached hydrogen (secondary N) is 2. The molecule has 0 aliphatic carbocycles. The Morgan fingerprint density at radius 1 is 0.750 bits per heavy atom. The van der Waals surface area contributed by atoms with Gasteiger partial charge in [0.1, 0.15) is 0 Å². The number of rotatable bonds is 0. The lowest BCUT2D eigenvalue weighted by Gasteiger charge is -1.59. The van der Waals surface area contributed by atoms with E-state index in [2.05, 4.69) is 16.4 Å².